The molecule has 2 saturated heterocycles. The first-order valence-electron chi connectivity index (χ1n) is 9.74. The summed E-state index contributed by atoms with van der Waals surface area (Å²) in [6.45, 7) is 4.42. The fraction of sp³-hybridized carbons (Fsp3) is 0.600. The Morgan fingerprint density at radius 1 is 1.44 bits per heavy atom. The zero-order chi connectivity index (χ0) is 17.0. The van der Waals surface area contributed by atoms with Crippen molar-refractivity contribution in [3.63, 3.8) is 0 Å². The maximum atomic E-state index is 12.9. The maximum Gasteiger partial charge on any atom is 0.272 e. The molecule has 3 atom stereocenters. The van der Waals surface area contributed by atoms with Gasteiger partial charge in [-0.25, -0.2) is 0 Å². The number of fused-ring (bicyclic) bond motifs is 1. The standard InChI is InChI=1S/C20H26N4O/c1-2-3-4-13-5-6-16-14(11-13)18(23-22-16)19(25)21-17-12-24-10-9-20(24)8-7-15(17)20/h5-6,11,15,17H,2-4,7-10,12H2,1H3,(H,21,25)(H,22,23)/t15?,17-,20?/m1/s1. The smallest absolute Gasteiger partial charge is 0.272 e. The number of hydrogen-bond acceptors (Lipinski definition) is 3. The minimum absolute atomic E-state index is 0.0200. The van der Waals surface area contributed by atoms with E-state index in [-0.39, 0.29) is 5.91 Å². The summed E-state index contributed by atoms with van der Waals surface area (Å²) in [6, 6.07) is 6.61. The van der Waals surface area contributed by atoms with Gasteiger partial charge in [0.2, 0.25) is 0 Å². The number of unbranched alkanes of at least 4 members (excludes halogenated alkanes) is 1. The fourth-order valence-electron chi connectivity index (χ4n) is 5.27. The van der Waals surface area contributed by atoms with Crippen molar-refractivity contribution < 1.29 is 4.79 Å². The van der Waals surface area contributed by atoms with E-state index in [1.807, 2.05) is 6.07 Å². The van der Waals surface area contributed by atoms with Crippen LogP contribution in [-0.4, -0.2) is 45.7 Å². The molecule has 1 spiro atoms. The third kappa shape index (κ3) is 2.18. The van der Waals surface area contributed by atoms with E-state index in [4.69, 9.17) is 0 Å². The number of benzene rings is 1. The van der Waals surface area contributed by atoms with E-state index in [0.29, 0.717) is 23.2 Å². The number of nitrogens with zero attached hydrogens (tertiary/aromatic N) is 2. The lowest BCUT2D eigenvalue weighted by Gasteiger charge is -2.58. The van der Waals surface area contributed by atoms with Crippen LogP contribution in [0.3, 0.4) is 0 Å². The number of nitrogens with one attached hydrogen (secondary N) is 2. The molecule has 0 bridgehead atoms. The van der Waals surface area contributed by atoms with E-state index < -0.39 is 0 Å². The number of aromatic nitrogens is 2. The van der Waals surface area contributed by atoms with Gasteiger partial charge in [-0.3, -0.25) is 14.8 Å². The molecule has 5 rings (SSSR count). The topological polar surface area (TPSA) is 61.0 Å². The first-order valence-corrected chi connectivity index (χ1v) is 9.74. The van der Waals surface area contributed by atoms with Gasteiger partial charge in [0.25, 0.3) is 5.91 Å². The second-order valence-electron chi connectivity index (χ2n) is 8.08. The van der Waals surface area contributed by atoms with E-state index in [9.17, 15) is 4.79 Å². The normalized spacial score (nSPS) is 30.4. The summed E-state index contributed by atoms with van der Waals surface area (Å²) in [7, 11) is 0. The zero-order valence-electron chi connectivity index (χ0n) is 14.8. The van der Waals surface area contributed by atoms with Crippen molar-refractivity contribution in [2.75, 3.05) is 13.1 Å². The van der Waals surface area contributed by atoms with Crippen molar-refractivity contribution >= 4 is 16.8 Å². The van der Waals surface area contributed by atoms with Crippen molar-refractivity contribution in [1.29, 1.82) is 0 Å². The summed E-state index contributed by atoms with van der Waals surface area (Å²) >= 11 is 0. The Kier molecular flexibility index (Phi) is 3.42. The molecule has 1 aromatic carbocycles. The summed E-state index contributed by atoms with van der Waals surface area (Å²) in [5, 5.41) is 11.6. The van der Waals surface area contributed by atoms with Crippen LogP contribution in [0.15, 0.2) is 18.2 Å². The average molecular weight is 338 g/mol. The molecular formula is C20H26N4O. The SMILES string of the molecule is CCCCc1ccc2[nH]nc(C(=O)N[C@@H]3CN4CCC45CCC35)c2c1. The Hall–Kier alpha value is -1.88. The first-order chi connectivity index (χ1) is 12.2. The quantitative estimate of drug-likeness (QED) is 0.881. The molecular weight excluding hydrogens is 312 g/mol. The van der Waals surface area contributed by atoms with Gasteiger partial charge in [0.15, 0.2) is 5.69 Å². The van der Waals surface area contributed by atoms with Crippen molar-refractivity contribution in [3.8, 4) is 0 Å². The lowest BCUT2D eigenvalue weighted by atomic mass is 9.61. The Morgan fingerprint density at radius 2 is 2.36 bits per heavy atom. The van der Waals surface area contributed by atoms with Gasteiger partial charge in [-0.15, -0.1) is 0 Å². The van der Waals surface area contributed by atoms with Crippen LogP contribution in [0.5, 0.6) is 0 Å². The van der Waals surface area contributed by atoms with Crippen LogP contribution in [0, 0.1) is 5.92 Å². The molecule has 1 saturated carbocycles. The fourth-order valence-corrected chi connectivity index (χ4v) is 5.27. The third-order valence-corrected chi connectivity index (χ3v) is 6.90. The van der Waals surface area contributed by atoms with Gasteiger partial charge in [-0.2, -0.15) is 5.10 Å². The van der Waals surface area contributed by atoms with Gasteiger partial charge in [-0.1, -0.05) is 19.4 Å². The largest absolute Gasteiger partial charge is 0.346 e. The van der Waals surface area contributed by atoms with Crippen LogP contribution in [0.25, 0.3) is 10.9 Å². The second kappa shape index (κ2) is 5.56. The highest BCUT2D eigenvalue weighted by atomic mass is 16.2. The maximum absolute atomic E-state index is 12.9. The molecule has 3 fully saturated rings. The minimum Gasteiger partial charge on any atom is -0.346 e. The Morgan fingerprint density at radius 3 is 3.04 bits per heavy atom. The number of aryl methyl sites for hydroxylation is 1. The highest BCUT2D eigenvalue weighted by Crippen LogP contribution is 2.57. The minimum atomic E-state index is -0.0200. The first kappa shape index (κ1) is 15.4. The predicted molar refractivity (Wildman–Crippen MR) is 97.6 cm³/mol. The lowest BCUT2D eigenvalue weighted by molar-refractivity contribution is -0.0676. The Labute approximate surface area is 148 Å². The van der Waals surface area contributed by atoms with Gasteiger partial charge >= 0.3 is 0 Å². The molecule has 132 valence electrons. The van der Waals surface area contributed by atoms with Gasteiger partial charge < -0.3 is 5.32 Å². The van der Waals surface area contributed by atoms with Crippen LogP contribution in [-0.2, 0) is 6.42 Å². The number of aromatic amines is 1. The number of carbonyl (C=O) groups excluding carboxylic acids is 1. The predicted octanol–water partition coefficient (Wildman–Crippen LogP) is 2.87. The molecule has 1 aromatic heterocycles. The van der Waals surface area contributed by atoms with Crippen molar-refractivity contribution in [2.45, 2.75) is 57.0 Å². The Balaban J connectivity index is 1.36. The van der Waals surface area contributed by atoms with Gasteiger partial charge in [0.1, 0.15) is 0 Å². The van der Waals surface area contributed by atoms with E-state index in [2.05, 4.69) is 39.5 Å². The summed E-state index contributed by atoms with van der Waals surface area (Å²) in [6.07, 6.45) is 7.29. The molecule has 1 amide bonds. The van der Waals surface area contributed by atoms with E-state index in [1.54, 1.807) is 0 Å². The highest BCUT2D eigenvalue weighted by molar-refractivity contribution is 6.05. The van der Waals surface area contributed by atoms with E-state index in [1.165, 1.54) is 44.2 Å². The molecule has 3 heterocycles. The summed E-state index contributed by atoms with van der Waals surface area (Å²) in [4.78, 5) is 15.5. The molecule has 25 heavy (non-hydrogen) atoms. The summed E-state index contributed by atoms with van der Waals surface area (Å²) in [5.74, 6) is 0.629. The average Bonchev–Trinajstić information content (AvgIpc) is 3.03. The number of H-pyrrole nitrogens is 1. The molecule has 3 aliphatic rings. The molecule has 2 unspecified atom stereocenters. The zero-order valence-corrected chi connectivity index (χ0v) is 14.8. The summed E-state index contributed by atoms with van der Waals surface area (Å²) in [5.41, 5.74) is 3.23. The van der Waals surface area contributed by atoms with Crippen LogP contribution < -0.4 is 5.32 Å². The molecule has 2 aromatic rings. The molecule has 2 N–H and O–H groups in total. The van der Waals surface area contributed by atoms with Crippen molar-refractivity contribution in [3.05, 3.63) is 29.5 Å². The number of hydrogen-bond donors (Lipinski definition) is 2. The molecule has 0 radical (unpaired) electrons. The Bertz CT molecular complexity index is 824. The molecule has 1 aliphatic carbocycles. The monoisotopic (exact) mass is 338 g/mol. The number of carbonyl (C=O) groups is 1. The lowest BCUT2D eigenvalue weighted by Crippen LogP contribution is -2.64. The number of rotatable bonds is 5. The van der Waals surface area contributed by atoms with Gasteiger partial charge in [0.05, 0.1) is 5.52 Å². The van der Waals surface area contributed by atoms with Crippen LogP contribution >= 0.6 is 0 Å². The third-order valence-electron chi connectivity index (χ3n) is 6.90. The molecule has 5 nitrogen and oxygen atoms in total. The second-order valence-corrected chi connectivity index (χ2v) is 8.08. The highest BCUT2D eigenvalue weighted by Gasteiger charge is 2.63. The van der Waals surface area contributed by atoms with Crippen LogP contribution in [0.4, 0.5) is 0 Å². The van der Waals surface area contributed by atoms with Crippen molar-refractivity contribution in [1.82, 2.24) is 20.4 Å². The summed E-state index contributed by atoms with van der Waals surface area (Å²) < 4.78 is 0. The van der Waals surface area contributed by atoms with E-state index in [0.717, 1.165) is 23.9 Å². The van der Waals surface area contributed by atoms with Gasteiger partial charge in [0, 0.05) is 30.1 Å². The van der Waals surface area contributed by atoms with E-state index >= 15 is 0 Å². The van der Waals surface area contributed by atoms with Gasteiger partial charge in [-0.05, 0) is 55.7 Å². The van der Waals surface area contributed by atoms with Crippen LogP contribution in [0.1, 0.15) is 55.1 Å². The molecule has 5 heteroatoms. The van der Waals surface area contributed by atoms with Crippen LogP contribution in [0.2, 0.25) is 0 Å². The van der Waals surface area contributed by atoms with Crippen molar-refractivity contribution in [2.24, 2.45) is 5.92 Å². The number of amides is 1. The molecule has 2 aliphatic heterocycles.